The van der Waals surface area contributed by atoms with Crippen molar-refractivity contribution in [3.05, 3.63) is 57.6 Å². The zero-order valence-corrected chi connectivity index (χ0v) is 12.7. The van der Waals surface area contributed by atoms with Gasteiger partial charge in [-0.25, -0.2) is 0 Å². The Morgan fingerprint density at radius 3 is 2.65 bits per heavy atom. The molecule has 1 amide bonds. The van der Waals surface area contributed by atoms with Crippen LogP contribution in [0.4, 0.5) is 11.4 Å². The first-order chi connectivity index (χ1) is 9.50. The summed E-state index contributed by atoms with van der Waals surface area (Å²) in [5.41, 5.74) is 15.3. The van der Waals surface area contributed by atoms with Gasteiger partial charge in [0.1, 0.15) is 0 Å². The summed E-state index contributed by atoms with van der Waals surface area (Å²) in [6.45, 7) is 2.55. The lowest BCUT2D eigenvalue weighted by Crippen LogP contribution is -2.15. The van der Waals surface area contributed by atoms with Crippen LogP contribution in [0.25, 0.3) is 0 Å². The molecule has 0 fully saturated rings. The lowest BCUT2D eigenvalue weighted by Gasteiger charge is -2.13. The van der Waals surface area contributed by atoms with Crippen molar-refractivity contribution in [2.45, 2.75) is 13.5 Å². The van der Waals surface area contributed by atoms with Crippen LogP contribution in [0.15, 0.2) is 40.9 Å². The summed E-state index contributed by atoms with van der Waals surface area (Å²) in [4.78, 5) is 11.5. The van der Waals surface area contributed by atoms with Gasteiger partial charge in [-0.1, -0.05) is 18.2 Å². The predicted octanol–water partition coefficient (Wildman–Crippen LogP) is 3.05. The normalized spacial score (nSPS) is 10.3. The molecular weight excluding hydrogens is 318 g/mol. The van der Waals surface area contributed by atoms with E-state index in [9.17, 15) is 4.79 Å². The van der Waals surface area contributed by atoms with Gasteiger partial charge in [0.15, 0.2) is 0 Å². The van der Waals surface area contributed by atoms with Crippen LogP contribution < -0.4 is 16.8 Å². The Kier molecular flexibility index (Phi) is 4.29. The average Bonchev–Trinajstić information content (AvgIpc) is 2.40. The number of primary amides is 1. The Balaban J connectivity index is 2.26. The van der Waals surface area contributed by atoms with Crippen LogP contribution in [0, 0.1) is 6.92 Å². The number of hydrogen-bond donors (Lipinski definition) is 3. The maximum Gasteiger partial charge on any atom is 0.251 e. The average molecular weight is 334 g/mol. The third-order valence-corrected chi connectivity index (χ3v) is 3.88. The van der Waals surface area contributed by atoms with Crippen LogP contribution in [-0.4, -0.2) is 5.91 Å². The first-order valence-electron chi connectivity index (χ1n) is 6.17. The third kappa shape index (κ3) is 2.93. The Morgan fingerprint density at radius 1 is 1.25 bits per heavy atom. The van der Waals surface area contributed by atoms with Crippen LogP contribution >= 0.6 is 15.9 Å². The number of nitrogen functional groups attached to an aromatic ring is 1. The van der Waals surface area contributed by atoms with Crippen LogP contribution in [0.3, 0.4) is 0 Å². The van der Waals surface area contributed by atoms with E-state index in [0.29, 0.717) is 22.3 Å². The van der Waals surface area contributed by atoms with E-state index < -0.39 is 5.91 Å². The van der Waals surface area contributed by atoms with Gasteiger partial charge in [0.2, 0.25) is 0 Å². The molecule has 2 aromatic rings. The summed E-state index contributed by atoms with van der Waals surface area (Å²) in [6, 6.07) is 11.2. The highest BCUT2D eigenvalue weighted by atomic mass is 79.9. The number of carbonyl (C=O) groups excluding carboxylic acids is 1. The molecule has 0 aliphatic rings. The van der Waals surface area contributed by atoms with Gasteiger partial charge in [-0.3, -0.25) is 4.79 Å². The van der Waals surface area contributed by atoms with Crippen LogP contribution in [0.1, 0.15) is 21.5 Å². The maximum atomic E-state index is 11.5. The summed E-state index contributed by atoms with van der Waals surface area (Å²) in [6.07, 6.45) is 0. The summed E-state index contributed by atoms with van der Waals surface area (Å²) >= 11 is 3.34. The molecule has 0 aliphatic carbocycles. The van der Waals surface area contributed by atoms with Gasteiger partial charge in [0, 0.05) is 22.4 Å². The topological polar surface area (TPSA) is 81.1 Å². The number of halogens is 1. The fraction of sp³-hybridized carbons (Fsp3) is 0.133. The number of carbonyl (C=O) groups is 1. The van der Waals surface area contributed by atoms with Crippen molar-refractivity contribution in [3.63, 3.8) is 0 Å². The Morgan fingerprint density at radius 2 is 1.95 bits per heavy atom. The quantitative estimate of drug-likeness (QED) is 0.752. The van der Waals surface area contributed by atoms with Crippen molar-refractivity contribution >= 4 is 33.2 Å². The molecule has 0 saturated heterocycles. The van der Waals surface area contributed by atoms with Gasteiger partial charge in [-0.05, 0) is 52.2 Å². The van der Waals surface area contributed by atoms with Gasteiger partial charge in [-0.15, -0.1) is 0 Å². The number of anilines is 2. The highest BCUT2D eigenvalue weighted by molar-refractivity contribution is 9.10. The molecule has 0 unspecified atom stereocenters. The Labute approximate surface area is 126 Å². The van der Waals surface area contributed by atoms with Crippen molar-refractivity contribution in [1.82, 2.24) is 0 Å². The molecule has 5 N–H and O–H groups in total. The van der Waals surface area contributed by atoms with E-state index in [2.05, 4.69) is 21.2 Å². The highest BCUT2D eigenvalue weighted by Crippen LogP contribution is 2.25. The SMILES string of the molecule is Cc1c(N)cccc1CNc1cccc(Br)c1C(N)=O. The molecule has 20 heavy (non-hydrogen) atoms. The molecule has 0 saturated carbocycles. The number of nitrogens with one attached hydrogen (secondary N) is 1. The van der Waals surface area contributed by atoms with Crippen LogP contribution in [0.5, 0.6) is 0 Å². The molecule has 0 aliphatic heterocycles. The predicted molar refractivity (Wildman–Crippen MR) is 85.6 cm³/mol. The molecule has 0 spiro atoms. The minimum Gasteiger partial charge on any atom is -0.399 e. The van der Waals surface area contributed by atoms with Gasteiger partial charge in [0.25, 0.3) is 5.91 Å². The lowest BCUT2D eigenvalue weighted by atomic mass is 10.1. The van der Waals surface area contributed by atoms with Crippen molar-refractivity contribution in [2.24, 2.45) is 5.73 Å². The Hall–Kier alpha value is -2.01. The smallest absolute Gasteiger partial charge is 0.251 e. The van der Waals surface area contributed by atoms with E-state index in [1.807, 2.05) is 37.3 Å². The Bertz CT molecular complexity index is 656. The largest absolute Gasteiger partial charge is 0.399 e. The fourth-order valence-corrected chi connectivity index (χ4v) is 2.57. The first kappa shape index (κ1) is 14.4. The number of rotatable bonds is 4. The van der Waals surface area contributed by atoms with E-state index in [0.717, 1.165) is 16.8 Å². The van der Waals surface area contributed by atoms with Gasteiger partial charge >= 0.3 is 0 Å². The van der Waals surface area contributed by atoms with Gasteiger partial charge < -0.3 is 16.8 Å². The highest BCUT2D eigenvalue weighted by Gasteiger charge is 2.12. The third-order valence-electron chi connectivity index (χ3n) is 3.22. The molecule has 104 valence electrons. The monoisotopic (exact) mass is 333 g/mol. The lowest BCUT2D eigenvalue weighted by molar-refractivity contribution is 0.100. The second-order valence-corrected chi connectivity index (χ2v) is 5.37. The molecular formula is C15H16BrN3O. The van der Waals surface area contributed by atoms with Gasteiger partial charge in [0.05, 0.1) is 5.56 Å². The van der Waals surface area contributed by atoms with Gasteiger partial charge in [-0.2, -0.15) is 0 Å². The molecule has 0 aromatic heterocycles. The van der Waals surface area contributed by atoms with E-state index in [1.165, 1.54) is 0 Å². The second kappa shape index (κ2) is 5.96. The zero-order valence-electron chi connectivity index (χ0n) is 11.1. The van der Waals surface area contributed by atoms with E-state index in [-0.39, 0.29) is 0 Å². The summed E-state index contributed by atoms with van der Waals surface area (Å²) in [5.74, 6) is -0.468. The first-order valence-corrected chi connectivity index (χ1v) is 6.96. The van der Waals surface area contributed by atoms with Crippen molar-refractivity contribution < 1.29 is 4.79 Å². The molecule has 0 heterocycles. The van der Waals surface area contributed by atoms with E-state index in [4.69, 9.17) is 11.5 Å². The number of hydrogen-bond acceptors (Lipinski definition) is 3. The molecule has 5 heteroatoms. The minimum absolute atomic E-state index is 0.453. The summed E-state index contributed by atoms with van der Waals surface area (Å²) in [7, 11) is 0. The zero-order chi connectivity index (χ0) is 14.7. The minimum atomic E-state index is -0.468. The number of nitrogens with two attached hydrogens (primary N) is 2. The molecule has 0 atom stereocenters. The summed E-state index contributed by atoms with van der Waals surface area (Å²) < 4.78 is 0.680. The van der Waals surface area contributed by atoms with Crippen molar-refractivity contribution in [2.75, 3.05) is 11.1 Å². The van der Waals surface area contributed by atoms with E-state index >= 15 is 0 Å². The number of benzene rings is 2. The number of amides is 1. The maximum absolute atomic E-state index is 11.5. The summed E-state index contributed by atoms with van der Waals surface area (Å²) in [5, 5.41) is 3.23. The van der Waals surface area contributed by atoms with Crippen molar-refractivity contribution in [3.8, 4) is 0 Å². The molecule has 2 rings (SSSR count). The molecule has 0 bridgehead atoms. The molecule has 4 nitrogen and oxygen atoms in total. The van der Waals surface area contributed by atoms with Crippen molar-refractivity contribution in [1.29, 1.82) is 0 Å². The van der Waals surface area contributed by atoms with Crippen LogP contribution in [0.2, 0.25) is 0 Å². The second-order valence-electron chi connectivity index (χ2n) is 4.51. The van der Waals surface area contributed by atoms with E-state index in [1.54, 1.807) is 6.07 Å². The molecule has 0 radical (unpaired) electrons. The van der Waals surface area contributed by atoms with Crippen LogP contribution in [-0.2, 0) is 6.54 Å². The molecule has 2 aromatic carbocycles. The fourth-order valence-electron chi connectivity index (χ4n) is 2.01. The standard InChI is InChI=1S/C15H16BrN3O/c1-9-10(4-2-6-12(9)17)8-19-13-7-3-5-11(16)14(13)15(18)20/h2-7,19H,8,17H2,1H3,(H2,18,20).